The number of nitrogens with zero attached hydrogens (tertiary/aromatic N) is 4. The molecule has 1 aromatic rings. The third-order valence-corrected chi connectivity index (χ3v) is 7.91. The van der Waals surface area contributed by atoms with Gasteiger partial charge in [0.05, 0.1) is 38.0 Å². The summed E-state index contributed by atoms with van der Waals surface area (Å²) in [4.78, 5) is 37.4. The number of benzene rings is 1. The number of thioether (sulfide) groups is 1. The van der Waals surface area contributed by atoms with Gasteiger partial charge in [0.15, 0.2) is 5.17 Å². The molecule has 9 heteroatoms. The molecule has 1 amide bonds. The molecule has 0 bridgehead atoms. The number of hydrogen-bond acceptors (Lipinski definition) is 8. The molecule has 8 nitrogen and oxygen atoms in total. The maximum absolute atomic E-state index is 13.4. The van der Waals surface area contributed by atoms with Crippen LogP contribution in [0.4, 0.5) is 0 Å². The van der Waals surface area contributed by atoms with E-state index >= 15 is 0 Å². The number of aliphatic imine (C=N–C) groups is 1. The molecule has 1 saturated heterocycles. The molecule has 0 unspecified atom stereocenters. The lowest BCUT2D eigenvalue weighted by molar-refractivity contribution is -0.136. The smallest absolute Gasteiger partial charge is 0.338 e. The lowest BCUT2D eigenvalue weighted by Crippen LogP contribution is -2.45. The summed E-state index contributed by atoms with van der Waals surface area (Å²) < 4.78 is 10.9. The van der Waals surface area contributed by atoms with E-state index in [4.69, 9.17) is 14.5 Å². The van der Waals surface area contributed by atoms with Gasteiger partial charge in [0.2, 0.25) is 5.91 Å². The number of piperidine rings is 1. The van der Waals surface area contributed by atoms with E-state index in [1.807, 2.05) is 53.4 Å². The molecule has 0 radical (unpaired) electrons. The van der Waals surface area contributed by atoms with Crippen LogP contribution in [-0.2, 0) is 14.3 Å². The molecule has 1 atom stereocenters. The molecule has 0 aliphatic carbocycles. The minimum absolute atomic E-state index is 0.0660. The number of methoxy groups -OCH3 is 2. The van der Waals surface area contributed by atoms with Crippen molar-refractivity contribution in [1.29, 1.82) is 0 Å². The van der Waals surface area contributed by atoms with Gasteiger partial charge >= 0.3 is 5.97 Å². The first-order valence-corrected chi connectivity index (χ1v) is 12.9. The lowest BCUT2D eigenvalue weighted by atomic mass is 9.92. The quantitative estimate of drug-likeness (QED) is 0.530. The molecule has 0 saturated carbocycles. The summed E-state index contributed by atoms with van der Waals surface area (Å²) in [5.74, 6) is 0.310. The largest absolute Gasteiger partial charge is 0.496 e. The van der Waals surface area contributed by atoms with Crippen LogP contribution in [0.2, 0.25) is 0 Å². The number of ether oxygens (including phenoxy) is 2. The van der Waals surface area contributed by atoms with Gasteiger partial charge in [-0.2, -0.15) is 0 Å². The fourth-order valence-electron chi connectivity index (χ4n) is 4.96. The number of para-hydroxylation sites is 1. The normalized spacial score (nSPS) is 20.8. The molecular formula is C26H34N4O4S. The summed E-state index contributed by atoms with van der Waals surface area (Å²) in [5.41, 5.74) is 2.83. The van der Waals surface area contributed by atoms with Crippen molar-refractivity contribution in [3.05, 3.63) is 52.2 Å². The van der Waals surface area contributed by atoms with Crippen LogP contribution in [0.5, 0.6) is 5.75 Å². The number of amides is 1. The van der Waals surface area contributed by atoms with Gasteiger partial charge in [0.1, 0.15) is 5.75 Å². The number of hydrogen-bond donors (Lipinski definition) is 0. The second-order valence-corrected chi connectivity index (χ2v) is 9.89. The third kappa shape index (κ3) is 4.97. The molecule has 0 aromatic heterocycles. The Labute approximate surface area is 211 Å². The van der Waals surface area contributed by atoms with Crippen molar-refractivity contribution in [2.45, 2.75) is 44.7 Å². The highest BCUT2D eigenvalue weighted by Crippen LogP contribution is 2.47. The Morgan fingerprint density at radius 2 is 1.91 bits per heavy atom. The molecule has 3 heterocycles. The number of likely N-dealkylation sites (tertiary alicyclic amines) is 1. The van der Waals surface area contributed by atoms with Gasteiger partial charge in [-0.25, -0.2) is 9.79 Å². The minimum Gasteiger partial charge on any atom is -0.496 e. The number of carbonyl (C=O) groups is 2. The van der Waals surface area contributed by atoms with Crippen LogP contribution in [-0.4, -0.2) is 79.2 Å². The third-order valence-electron chi connectivity index (χ3n) is 7.02. The maximum atomic E-state index is 13.4. The molecule has 188 valence electrons. The monoisotopic (exact) mass is 498 g/mol. The summed E-state index contributed by atoms with van der Waals surface area (Å²) >= 11 is 1.49. The Morgan fingerprint density at radius 3 is 2.57 bits per heavy atom. The van der Waals surface area contributed by atoms with Crippen molar-refractivity contribution < 1.29 is 19.1 Å². The van der Waals surface area contributed by atoms with Gasteiger partial charge in [-0.05, 0) is 50.9 Å². The predicted molar refractivity (Wildman–Crippen MR) is 138 cm³/mol. The first-order chi connectivity index (χ1) is 16.9. The second-order valence-electron chi connectivity index (χ2n) is 9.06. The van der Waals surface area contributed by atoms with Crippen molar-refractivity contribution in [3.63, 3.8) is 0 Å². The zero-order chi connectivity index (χ0) is 25.1. The minimum atomic E-state index is -0.497. The Balaban J connectivity index is 1.68. The Kier molecular flexibility index (Phi) is 7.86. The van der Waals surface area contributed by atoms with Crippen molar-refractivity contribution >= 4 is 28.8 Å². The van der Waals surface area contributed by atoms with Gasteiger partial charge < -0.3 is 24.2 Å². The number of esters is 1. The fraction of sp³-hybridized carbons (Fsp3) is 0.500. The number of allylic oxidation sites excluding steroid dienone is 1. The van der Waals surface area contributed by atoms with Gasteiger partial charge in [-0.15, -0.1) is 0 Å². The molecule has 4 rings (SSSR count). The first-order valence-electron chi connectivity index (χ1n) is 12.0. The number of carbonyl (C=O) groups excluding carboxylic acids is 2. The van der Waals surface area contributed by atoms with Crippen LogP contribution in [0.1, 0.15) is 44.2 Å². The van der Waals surface area contributed by atoms with Crippen LogP contribution in [0.25, 0.3) is 0 Å². The van der Waals surface area contributed by atoms with E-state index in [0.29, 0.717) is 23.4 Å². The zero-order valence-electron chi connectivity index (χ0n) is 21.1. The SMILES string of the molecule is CCC1=C(C(=O)OC)[C@@H](c2ccccc2OC)N2C(CC(=O)N(C)C3CCN(C)CC3)=CSC2=N1. The molecule has 3 aliphatic rings. The summed E-state index contributed by atoms with van der Waals surface area (Å²) in [5, 5.41) is 2.74. The summed E-state index contributed by atoms with van der Waals surface area (Å²) in [6.45, 7) is 3.96. The molecular weight excluding hydrogens is 464 g/mol. The van der Waals surface area contributed by atoms with Crippen molar-refractivity contribution in [1.82, 2.24) is 14.7 Å². The van der Waals surface area contributed by atoms with Gasteiger partial charge in [0, 0.05) is 24.4 Å². The molecule has 0 N–H and O–H groups in total. The highest BCUT2D eigenvalue weighted by Gasteiger charge is 2.43. The predicted octanol–water partition coefficient (Wildman–Crippen LogP) is 3.78. The van der Waals surface area contributed by atoms with E-state index in [2.05, 4.69) is 11.9 Å². The topological polar surface area (TPSA) is 74.7 Å². The van der Waals surface area contributed by atoms with Gasteiger partial charge in [0.25, 0.3) is 0 Å². The fourth-order valence-corrected chi connectivity index (χ4v) is 5.90. The molecule has 1 aromatic carbocycles. The summed E-state index contributed by atoms with van der Waals surface area (Å²) in [6, 6.07) is 7.41. The van der Waals surface area contributed by atoms with Gasteiger partial charge in [-0.1, -0.05) is 36.9 Å². The second kappa shape index (κ2) is 10.9. The highest BCUT2D eigenvalue weighted by molar-refractivity contribution is 8.16. The molecule has 1 fully saturated rings. The van der Waals surface area contributed by atoms with Crippen LogP contribution in [0, 0.1) is 0 Å². The molecule has 3 aliphatic heterocycles. The Bertz CT molecular complexity index is 1070. The van der Waals surface area contributed by atoms with Crippen LogP contribution < -0.4 is 4.74 Å². The summed E-state index contributed by atoms with van der Waals surface area (Å²) in [6.07, 6.45) is 2.77. The Morgan fingerprint density at radius 1 is 1.20 bits per heavy atom. The zero-order valence-corrected chi connectivity index (χ0v) is 21.9. The summed E-state index contributed by atoms with van der Waals surface area (Å²) in [7, 11) is 7.02. The Hall–Kier alpha value is -2.78. The van der Waals surface area contributed by atoms with E-state index in [1.54, 1.807) is 7.11 Å². The van der Waals surface area contributed by atoms with Crippen LogP contribution >= 0.6 is 11.8 Å². The van der Waals surface area contributed by atoms with Crippen LogP contribution in [0.15, 0.2) is 51.6 Å². The number of amidine groups is 1. The van der Waals surface area contributed by atoms with Crippen molar-refractivity contribution in [2.24, 2.45) is 4.99 Å². The van der Waals surface area contributed by atoms with Crippen molar-refractivity contribution in [2.75, 3.05) is 41.4 Å². The lowest BCUT2D eigenvalue weighted by Gasteiger charge is -2.38. The van der Waals surface area contributed by atoms with E-state index in [9.17, 15) is 9.59 Å². The maximum Gasteiger partial charge on any atom is 0.338 e. The van der Waals surface area contributed by atoms with Gasteiger partial charge in [-0.3, -0.25) is 4.79 Å². The number of fused-ring (bicyclic) bond motifs is 1. The van der Waals surface area contributed by atoms with E-state index in [1.165, 1.54) is 18.9 Å². The molecule has 0 spiro atoms. The van der Waals surface area contributed by atoms with Crippen LogP contribution in [0.3, 0.4) is 0 Å². The van der Waals surface area contributed by atoms with E-state index in [-0.39, 0.29) is 18.4 Å². The highest BCUT2D eigenvalue weighted by atomic mass is 32.2. The average molecular weight is 499 g/mol. The van der Waals surface area contributed by atoms with E-state index < -0.39 is 12.0 Å². The standard InChI is InChI=1S/C26H34N4O4S/c1-6-20-23(25(32)34-5)24(19-9-7-8-10-21(19)33-4)30-18(16-35-26(30)27-20)15-22(31)29(3)17-11-13-28(2)14-12-17/h7-10,16-17,24H,6,11-15H2,1-5H3/t24-/m1/s1. The van der Waals surface area contributed by atoms with Crippen molar-refractivity contribution in [3.8, 4) is 5.75 Å². The molecule has 35 heavy (non-hydrogen) atoms. The number of rotatable bonds is 7. The first kappa shape index (κ1) is 25.3. The van der Waals surface area contributed by atoms with E-state index in [0.717, 1.165) is 42.4 Å². The average Bonchev–Trinajstić information content (AvgIpc) is 3.29.